The van der Waals surface area contributed by atoms with Crippen molar-refractivity contribution in [2.45, 2.75) is 26.3 Å². The van der Waals surface area contributed by atoms with Gasteiger partial charge in [-0.15, -0.1) is 0 Å². The first-order valence-electron chi connectivity index (χ1n) is 4.74. The maximum atomic E-state index is 5.82. The molecule has 0 spiro atoms. The van der Waals surface area contributed by atoms with Crippen LogP contribution in [0.2, 0.25) is 0 Å². The molecule has 0 aromatic carbocycles. The second-order valence-corrected chi connectivity index (χ2v) is 4.21. The van der Waals surface area contributed by atoms with E-state index in [9.17, 15) is 0 Å². The molecule has 80 valence electrons. The van der Waals surface area contributed by atoms with E-state index in [1.807, 2.05) is 18.7 Å². The standard InChI is InChI=1S/C9H17BrN4/c1-4-7(11)5-12-9-8(10)6(2)13-14(9)3/h7,12H,4-5,11H2,1-3H3/t7-/m1/s1. The van der Waals surface area contributed by atoms with Crippen molar-refractivity contribution in [1.29, 1.82) is 0 Å². The van der Waals surface area contributed by atoms with Crippen molar-refractivity contribution in [1.82, 2.24) is 9.78 Å². The van der Waals surface area contributed by atoms with Gasteiger partial charge in [0.15, 0.2) is 0 Å². The number of aromatic nitrogens is 2. The summed E-state index contributed by atoms with van der Waals surface area (Å²) in [4.78, 5) is 0. The Morgan fingerprint density at radius 2 is 2.29 bits per heavy atom. The van der Waals surface area contributed by atoms with E-state index in [0.717, 1.165) is 29.0 Å². The van der Waals surface area contributed by atoms with Gasteiger partial charge in [0.05, 0.1) is 10.2 Å². The summed E-state index contributed by atoms with van der Waals surface area (Å²) in [5.41, 5.74) is 6.81. The zero-order valence-electron chi connectivity index (χ0n) is 8.84. The summed E-state index contributed by atoms with van der Waals surface area (Å²) >= 11 is 3.49. The van der Waals surface area contributed by atoms with E-state index in [-0.39, 0.29) is 6.04 Å². The molecule has 0 radical (unpaired) electrons. The fourth-order valence-electron chi connectivity index (χ4n) is 1.20. The van der Waals surface area contributed by atoms with Crippen molar-refractivity contribution >= 4 is 21.7 Å². The van der Waals surface area contributed by atoms with Crippen molar-refractivity contribution in [3.8, 4) is 0 Å². The topological polar surface area (TPSA) is 55.9 Å². The molecule has 1 aromatic rings. The van der Waals surface area contributed by atoms with Gasteiger partial charge in [-0.3, -0.25) is 4.68 Å². The number of hydrogen-bond acceptors (Lipinski definition) is 3. The minimum atomic E-state index is 0.192. The summed E-state index contributed by atoms with van der Waals surface area (Å²) in [6, 6.07) is 0.192. The molecule has 0 aliphatic carbocycles. The molecule has 0 saturated carbocycles. The lowest BCUT2D eigenvalue weighted by molar-refractivity contribution is 0.669. The van der Waals surface area contributed by atoms with E-state index < -0.39 is 0 Å². The number of nitrogens with zero attached hydrogens (tertiary/aromatic N) is 2. The summed E-state index contributed by atoms with van der Waals surface area (Å²) in [5, 5.41) is 7.56. The third-order valence-corrected chi connectivity index (χ3v) is 3.15. The molecular formula is C9H17BrN4. The fourth-order valence-corrected chi connectivity index (χ4v) is 1.67. The van der Waals surface area contributed by atoms with Crippen molar-refractivity contribution in [2.75, 3.05) is 11.9 Å². The normalized spacial score (nSPS) is 12.9. The van der Waals surface area contributed by atoms with Crippen LogP contribution < -0.4 is 11.1 Å². The Balaban J connectivity index is 2.67. The highest BCUT2D eigenvalue weighted by Gasteiger charge is 2.10. The Hall–Kier alpha value is -0.550. The summed E-state index contributed by atoms with van der Waals surface area (Å²) in [5.74, 6) is 0.992. The summed E-state index contributed by atoms with van der Waals surface area (Å²) in [6.07, 6.45) is 0.974. The number of aryl methyl sites for hydroxylation is 2. The maximum Gasteiger partial charge on any atom is 0.138 e. The molecule has 1 atom stereocenters. The first-order valence-corrected chi connectivity index (χ1v) is 5.54. The summed E-state index contributed by atoms with van der Waals surface area (Å²) in [7, 11) is 1.91. The van der Waals surface area contributed by atoms with Crippen LogP contribution in [0, 0.1) is 6.92 Å². The number of hydrogen-bond donors (Lipinski definition) is 2. The predicted molar refractivity (Wildman–Crippen MR) is 62.4 cm³/mol. The number of nitrogens with two attached hydrogens (primary N) is 1. The number of nitrogens with one attached hydrogen (secondary N) is 1. The van der Waals surface area contributed by atoms with Crippen LogP contribution in [0.4, 0.5) is 5.82 Å². The van der Waals surface area contributed by atoms with Gasteiger partial charge >= 0.3 is 0 Å². The fraction of sp³-hybridized carbons (Fsp3) is 0.667. The van der Waals surface area contributed by atoms with Crippen molar-refractivity contribution in [3.05, 3.63) is 10.2 Å². The van der Waals surface area contributed by atoms with Gasteiger partial charge in [-0.1, -0.05) is 6.92 Å². The van der Waals surface area contributed by atoms with E-state index in [1.54, 1.807) is 0 Å². The highest BCUT2D eigenvalue weighted by atomic mass is 79.9. The van der Waals surface area contributed by atoms with E-state index in [2.05, 4.69) is 33.3 Å². The van der Waals surface area contributed by atoms with E-state index in [0.29, 0.717) is 0 Å². The average Bonchev–Trinajstić information content (AvgIpc) is 2.39. The smallest absolute Gasteiger partial charge is 0.138 e. The summed E-state index contributed by atoms with van der Waals surface area (Å²) in [6.45, 7) is 4.82. The molecule has 0 unspecified atom stereocenters. The van der Waals surface area contributed by atoms with Gasteiger partial charge in [-0.05, 0) is 29.3 Å². The summed E-state index contributed by atoms with van der Waals surface area (Å²) < 4.78 is 2.84. The Morgan fingerprint density at radius 3 is 2.71 bits per heavy atom. The Morgan fingerprint density at radius 1 is 1.64 bits per heavy atom. The molecular weight excluding hydrogens is 244 g/mol. The lowest BCUT2D eigenvalue weighted by Gasteiger charge is -2.11. The van der Waals surface area contributed by atoms with E-state index >= 15 is 0 Å². The predicted octanol–water partition coefficient (Wildman–Crippen LogP) is 1.64. The van der Waals surface area contributed by atoms with Crippen LogP contribution >= 0.6 is 15.9 Å². The van der Waals surface area contributed by atoms with Gasteiger partial charge in [0.1, 0.15) is 5.82 Å². The van der Waals surface area contributed by atoms with Crippen LogP contribution in [0.1, 0.15) is 19.0 Å². The van der Waals surface area contributed by atoms with Gasteiger partial charge in [-0.25, -0.2) is 0 Å². The molecule has 0 fully saturated rings. The second kappa shape index (κ2) is 4.79. The van der Waals surface area contributed by atoms with Crippen LogP contribution in [-0.4, -0.2) is 22.4 Å². The quantitative estimate of drug-likeness (QED) is 0.866. The molecule has 4 nitrogen and oxygen atoms in total. The van der Waals surface area contributed by atoms with Crippen LogP contribution in [0.3, 0.4) is 0 Å². The van der Waals surface area contributed by atoms with Crippen LogP contribution in [0.5, 0.6) is 0 Å². The van der Waals surface area contributed by atoms with Gasteiger partial charge in [0, 0.05) is 19.6 Å². The van der Waals surface area contributed by atoms with E-state index in [4.69, 9.17) is 5.73 Å². The number of halogens is 1. The SMILES string of the molecule is CC[C@@H](N)CNc1c(Br)c(C)nn1C. The molecule has 0 amide bonds. The van der Waals surface area contributed by atoms with Crippen molar-refractivity contribution in [2.24, 2.45) is 12.8 Å². The zero-order valence-corrected chi connectivity index (χ0v) is 10.4. The lowest BCUT2D eigenvalue weighted by Crippen LogP contribution is -2.28. The lowest BCUT2D eigenvalue weighted by atomic mass is 10.2. The molecule has 1 aromatic heterocycles. The monoisotopic (exact) mass is 260 g/mol. The third kappa shape index (κ3) is 2.48. The van der Waals surface area contributed by atoms with Gasteiger partial charge in [0.2, 0.25) is 0 Å². The number of rotatable bonds is 4. The molecule has 14 heavy (non-hydrogen) atoms. The van der Waals surface area contributed by atoms with E-state index in [1.165, 1.54) is 0 Å². The molecule has 5 heteroatoms. The highest BCUT2D eigenvalue weighted by molar-refractivity contribution is 9.10. The third-order valence-electron chi connectivity index (χ3n) is 2.21. The Bertz CT molecular complexity index is 308. The van der Waals surface area contributed by atoms with Crippen LogP contribution in [0.15, 0.2) is 4.47 Å². The zero-order chi connectivity index (χ0) is 10.7. The second-order valence-electron chi connectivity index (χ2n) is 3.42. The van der Waals surface area contributed by atoms with Gasteiger partial charge < -0.3 is 11.1 Å². The Labute approximate surface area is 93.0 Å². The minimum absolute atomic E-state index is 0.192. The number of anilines is 1. The molecule has 1 rings (SSSR count). The molecule has 0 saturated heterocycles. The molecule has 3 N–H and O–H groups in total. The molecule has 0 bridgehead atoms. The van der Waals surface area contributed by atoms with Gasteiger partial charge in [-0.2, -0.15) is 5.10 Å². The molecule has 1 heterocycles. The largest absolute Gasteiger partial charge is 0.368 e. The maximum absolute atomic E-state index is 5.82. The molecule has 0 aliphatic heterocycles. The van der Waals surface area contributed by atoms with Gasteiger partial charge in [0.25, 0.3) is 0 Å². The van der Waals surface area contributed by atoms with Crippen LogP contribution in [0.25, 0.3) is 0 Å². The highest BCUT2D eigenvalue weighted by Crippen LogP contribution is 2.24. The van der Waals surface area contributed by atoms with Crippen LogP contribution in [-0.2, 0) is 7.05 Å². The minimum Gasteiger partial charge on any atom is -0.368 e. The first kappa shape index (κ1) is 11.5. The first-order chi connectivity index (χ1) is 6.56. The van der Waals surface area contributed by atoms with Crippen molar-refractivity contribution in [3.63, 3.8) is 0 Å². The van der Waals surface area contributed by atoms with Crippen molar-refractivity contribution < 1.29 is 0 Å². The Kier molecular flexibility index (Phi) is 3.95. The molecule has 0 aliphatic rings. The average molecular weight is 261 g/mol.